The van der Waals surface area contributed by atoms with Crippen LogP contribution in [0.3, 0.4) is 0 Å². The number of imide groups is 1. The number of benzene rings is 1. The molecule has 1 heterocycles. The lowest BCUT2D eigenvalue weighted by atomic mass is 10.2. The first-order valence-corrected chi connectivity index (χ1v) is 8.54. The van der Waals surface area contributed by atoms with Crippen LogP contribution in [-0.4, -0.2) is 53.8 Å². The molecule has 0 unspecified atom stereocenters. The average molecular weight is 360 g/mol. The lowest BCUT2D eigenvalue weighted by Crippen LogP contribution is -2.49. The van der Waals surface area contributed by atoms with E-state index < -0.39 is 36.5 Å². The van der Waals surface area contributed by atoms with Crippen molar-refractivity contribution in [3.8, 4) is 0 Å². The van der Waals surface area contributed by atoms with Crippen molar-refractivity contribution in [1.29, 1.82) is 0 Å². The Morgan fingerprint density at radius 1 is 1.19 bits per heavy atom. The summed E-state index contributed by atoms with van der Waals surface area (Å²) in [6.45, 7) is 6.89. The number of amides is 5. The predicted molar refractivity (Wildman–Crippen MR) is 96.5 cm³/mol. The van der Waals surface area contributed by atoms with Gasteiger partial charge in [0.2, 0.25) is 11.8 Å². The van der Waals surface area contributed by atoms with Crippen LogP contribution in [-0.2, 0) is 14.4 Å². The van der Waals surface area contributed by atoms with Gasteiger partial charge in [0.25, 0.3) is 5.91 Å². The van der Waals surface area contributed by atoms with Gasteiger partial charge in [-0.25, -0.2) is 4.79 Å². The van der Waals surface area contributed by atoms with Gasteiger partial charge in [0.1, 0.15) is 18.6 Å². The number of rotatable bonds is 6. The van der Waals surface area contributed by atoms with Crippen LogP contribution in [0.2, 0.25) is 0 Å². The van der Waals surface area contributed by atoms with Crippen LogP contribution >= 0.6 is 0 Å². The smallest absolute Gasteiger partial charge is 0.332 e. The van der Waals surface area contributed by atoms with Gasteiger partial charge in [-0.05, 0) is 39.8 Å². The molecule has 8 heteroatoms. The van der Waals surface area contributed by atoms with E-state index in [1.807, 2.05) is 19.1 Å². The normalized spacial score (nSPS) is 18.1. The molecule has 5 amide bonds. The van der Waals surface area contributed by atoms with Gasteiger partial charge in [-0.3, -0.25) is 24.2 Å². The second-order valence-corrected chi connectivity index (χ2v) is 6.27. The fourth-order valence-corrected chi connectivity index (χ4v) is 2.73. The molecule has 140 valence electrons. The topological polar surface area (TPSA) is 98.8 Å². The van der Waals surface area contributed by atoms with Crippen molar-refractivity contribution in [1.82, 2.24) is 15.5 Å². The molecule has 2 rings (SSSR count). The van der Waals surface area contributed by atoms with Gasteiger partial charge in [-0.15, -0.1) is 0 Å². The van der Waals surface area contributed by atoms with Crippen molar-refractivity contribution in [3.05, 3.63) is 29.8 Å². The fraction of sp³-hybridized carbons (Fsp3) is 0.444. The summed E-state index contributed by atoms with van der Waals surface area (Å²) in [5, 5.41) is 5.09. The minimum atomic E-state index is -0.749. The molecule has 0 saturated carbocycles. The number of nitrogens with one attached hydrogen (secondary N) is 2. The SMILES string of the molecule is CCNC(=O)[C@@H](C)NC(=O)CN1C(=O)[C@H](C)N(c2ccc(C)cc2)C1=O. The Bertz CT molecular complexity index is 716. The summed E-state index contributed by atoms with van der Waals surface area (Å²) in [4.78, 5) is 51.2. The minimum absolute atomic E-state index is 0.324. The van der Waals surface area contributed by atoms with Crippen molar-refractivity contribution in [2.45, 2.75) is 39.8 Å². The number of aryl methyl sites for hydroxylation is 1. The summed E-state index contributed by atoms with van der Waals surface area (Å²) < 4.78 is 0. The molecule has 1 aromatic carbocycles. The average Bonchev–Trinajstić information content (AvgIpc) is 2.79. The van der Waals surface area contributed by atoms with Crippen LogP contribution in [0.1, 0.15) is 26.3 Å². The first-order chi connectivity index (χ1) is 12.3. The molecule has 1 aromatic rings. The van der Waals surface area contributed by atoms with E-state index >= 15 is 0 Å². The van der Waals surface area contributed by atoms with E-state index in [-0.39, 0.29) is 5.91 Å². The monoisotopic (exact) mass is 360 g/mol. The highest BCUT2D eigenvalue weighted by Gasteiger charge is 2.44. The van der Waals surface area contributed by atoms with Gasteiger partial charge < -0.3 is 10.6 Å². The zero-order chi connectivity index (χ0) is 19.4. The zero-order valence-corrected chi connectivity index (χ0v) is 15.4. The van der Waals surface area contributed by atoms with E-state index in [2.05, 4.69) is 10.6 Å². The van der Waals surface area contributed by atoms with Gasteiger partial charge in [-0.1, -0.05) is 17.7 Å². The number of hydrogen-bond donors (Lipinski definition) is 2. The Labute approximate surface area is 152 Å². The highest BCUT2D eigenvalue weighted by Crippen LogP contribution is 2.25. The number of hydrogen-bond acceptors (Lipinski definition) is 4. The van der Waals surface area contributed by atoms with Crippen LogP contribution < -0.4 is 15.5 Å². The minimum Gasteiger partial charge on any atom is -0.355 e. The Kier molecular flexibility index (Phi) is 5.97. The molecule has 0 aliphatic carbocycles. The number of carbonyl (C=O) groups excluding carboxylic acids is 4. The highest BCUT2D eigenvalue weighted by atomic mass is 16.2. The molecule has 1 fully saturated rings. The number of likely N-dealkylation sites (N-methyl/N-ethyl adjacent to an activating group) is 1. The maximum Gasteiger partial charge on any atom is 0.332 e. The van der Waals surface area contributed by atoms with Gasteiger partial charge in [-0.2, -0.15) is 0 Å². The first kappa shape index (κ1) is 19.4. The van der Waals surface area contributed by atoms with Crippen LogP contribution in [0, 0.1) is 6.92 Å². The number of anilines is 1. The lowest BCUT2D eigenvalue weighted by molar-refractivity contribution is -0.133. The molecule has 0 bridgehead atoms. The van der Waals surface area contributed by atoms with Gasteiger partial charge in [0.15, 0.2) is 0 Å². The lowest BCUT2D eigenvalue weighted by Gasteiger charge is -2.20. The molecule has 2 N–H and O–H groups in total. The third-order valence-corrected chi connectivity index (χ3v) is 4.18. The molecule has 26 heavy (non-hydrogen) atoms. The molecule has 1 aliphatic heterocycles. The Morgan fingerprint density at radius 3 is 2.38 bits per heavy atom. The van der Waals surface area contributed by atoms with Gasteiger partial charge in [0.05, 0.1) is 0 Å². The second kappa shape index (κ2) is 7.99. The van der Waals surface area contributed by atoms with Crippen molar-refractivity contribution < 1.29 is 19.2 Å². The van der Waals surface area contributed by atoms with Crippen molar-refractivity contribution in [2.75, 3.05) is 18.0 Å². The van der Waals surface area contributed by atoms with Crippen LogP contribution in [0.5, 0.6) is 0 Å². The first-order valence-electron chi connectivity index (χ1n) is 8.54. The van der Waals surface area contributed by atoms with Gasteiger partial charge in [0, 0.05) is 12.2 Å². The second-order valence-electron chi connectivity index (χ2n) is 6.27. The predicted octanol–water partition coefficient (Wildman–Crippen LogP) is 0.793. The number of nitrogens with zero attached hydrogens (tertiary/aromatic N) is 2. The zero-order valence-electron chi connectivity index (χ0n) is 15.4. The standard InChI is InChI=1S/C18H24N4O4/c1-5-19-16(24)12(3)20-15(23)10-21-17(25)13(4)22(18(21)26)14-8-6-11(2)7-9-14/h6-9,12-13H,5,10H2,1-4H3,(H,19,24)(H,20,23)/t12-,13+/m1/s1. The summed E-state index contributed by atoms with van der Waals surface area (Å²) in [5.74, 6) is -1.34. The molecular weight excluding hydrogens is 336 g/mol. The molecule has 0 spiro atoms. The largest absolute Gasteiger partial charge is 0.355 e. The fourth-order valence-electron chi connectivity index (χ4n) is 2.73. The summed E-state index contributed by atoms with van der Waals surface area (Å²) in [7, 11) is 0. The van der Waals surface area contributed by atoms with E-state index in [1.165, 1.54) is 11.8 Å². The quantitative estimate of drug-likeness (QED) is 0.733. The van der Waals surface area contributed by atoms with E-state index in [0.717, 1.165) is 10.5 Å². The van der Waals surface area contributed by atoms with Crippen LogP contribution in [0.15, 0.2) is 24.3 Å². The highest BCUT2D eigenvalue weighted by molar-refractivity contribution is 6.15. The number of urea groups is 1. The molecule has 0 aromatic heterocycles. The third-order valence-electron chi connectivity index (χ3n) is 4.18. The molecule has 8 nitrogen and oxygen atoms in total. The Morgan fingerprint density at radius 2 is 1.81 bits per heavy atom. The van der Waals surface area contributed by atoms with Crippen molar-refractivity contribution in [2.24, 2.45) is 0 Å². The summed E-state index contributed by atoms with van der Waals surface area (Å²) in [6, 6.07) is 5.23. The molecular formula is C18H24N4O4. The van der Waals surface area contributed by atoms with E-state index in [9.17, 15) is 19.2 Å². The van der Waals surface area contributed by atoms with Crippen LogP contribution in [0.4, 0.5) is 10.5 Å². The van der Waals surface area contributed by atoms with E-state index in [0.29, 0.717) is 12.2 Å². The maximum atomic E-state index is 12.6. The molecule has 0 radical (unpaired) electrons. The van der Waals surface area contributed by atoms with Crippen molar-refractivity contribution in [3.63, 3.8) is 0 Å². The Balaban J connectivity index is 2.07. The van der Waals surface area contributed by atoms with Crippen LogP contribution in [0.25, 0.3) is 0 Å². The third kappa shape index (κ3) is 4.01. The number of carbonyl (C=O) groups is 4. The maximum absolute atomic E-state index is 12.6. The summed E-state index contributed by atoms with van der Waals surface area (Å²) >= 11 is 0. The molecule has 1 saturated heterocycles. The summed E-state index contributed by atoms with van der Waals surface area (Å²) in [5.41, 5.74) is 1.63. The molecule has 1 aliphatic rings. The Hall–Kier alpha value is -2.90. The van der Waals surface area contributed by atoms with Crippen molar-refractivity contribution >= 4 is 29.4 Å². The van der Waals surface area contributed by atoms with E-state index in [4.69, 9.17) is 0 Å². The molecule has 2 atom stereocenters. The van der Waals surface area contributed by atoms with E-state index in [1.54, 1.807) is 26.0 Å². The summed E-state index contributed by atoms with van der Waals surface area (Å²) in [6.07, 6.45) is 0. The van der Waals surface area contributed by atoms with Gasteiger partial charge >= 0.3 is 6.03 Å².